The molecule has 0 heterocycles. The highest BCUT2D eigenvalue weighted by Gasteiger charge is 2.31. The summed E-state index contributed by atoms with van der Waals surface area (Å²) < 4.78 is 16.0. The molecular formula is C19H30N2O5. The van der Waals surface area contributed by atoms with Crippen molar-refractivity contribution in [3.8, 4) is 5.75 Å². The first-order valence-electron chi connectivity index (χ1n) is 8.94. The maximum atomic E-state index is 12.3. The Hall–Kier alpha value is -2.12. The molecule has 0 saturated carbocycles. The minimum Gasteiger partial charge on any atom is -0.410 e. The molecule has 1 rings (SSSR count). The summed E-state index contributed by atoms with van der Waals surface area (Å²) in [5.41, 5.74) is 0.534. The topological polar surface area (TPSA) is 85.9 Å². The van der Waals surface area contributed by atoms with Crippen LogP contribution in [0.1, 0.15) is 46.0 Å². The summed E-state index contributed by atoms with van der Waals surface area (Å²) in [6, 6.07) is 6.68. The van der Waals surface area contributed by atoms with Crippen molar-refractivity contribution < 1.29 is 23.8 Å². The lowest BCUT2D eigenvalue weighted by atomic mass is 10.1. The lowest BCUT2D eigenvalue weighted by molar-refractivity contribution is -0.213. The molecule has 0 aliphatic carbocycles. The molecule has 0 aromatic heterocycles. The predicted molar refractivity (Wildman–Crippen MR) is 100 cm³/mol. The van der Waals surface area contributed by atoms with Crippen LogP contribution in [-0.2, 0) is 14.3 Å². The Labute approximate surface area is 155 Å². The van der Waals surface area contributed by atoms with Crippen molar-refractivity contribution >= 4 is 17.7 Å². The van der Waals surface area contributed by atoms with Gasteiger partial charge in [-0.1, -0.05) is 32.8 Å². The number of rotatable bonds is 11. The van der Waals surface area contributed by atoms with Crippen LogP contribution >= 0.6 is 0 Å². The number of unbranched alkanes of at least 4 members (excludes halogenated alkanes) is 1. The molecule has 7 heteroatoms. The van der Waals surface area contributed by atoms with Crippen molar-refractivity contribution in [3.63, 3.8) is 0 Å². The summed E-state index contributed by atoms with van der Waals surface area (Å²) in [4.78, 5) is 24.0. The van der Waals surface area contributed by atoms with E-state index in [9.17, 15) is 9.59 Å². The zero-order valence-electron chi connectivity index (χ0n) is 16.1. The van der Waals surface area contributed by atoms with Gasteiger partial charge in [-0.15, -0.1) is 0 Å². The number of carbonyl (C=O) groups excluding carboxylic acids is 2. The van der Waals surface area contributed by atoms with Crippen molar-refractivity contribution in [2.24, 2.45) is 0 Å². The van der Waals surface area contributed by atoms with Gasteiger partial charge in [0.15, 0.2) is 5.79 Å². The van der Waals surface area contributed by atoms with Crippen LogP contribution in [0.4, 0.5) is 10.5 Å². The number of carbonyl (C=O) groups is 2. The summed E-state index contributed by atoms with van der Waals surface area (Å²) >= 11 is 0. The van der Waals surface area contributed by atoms with Crippen molar-refractivity contribution in [2.75, 3.05) is 26.1 Å². The van der Waals surface area contributed by atoms with Gasteiger partial charge in [-0.05, 0) is 18.6 Å². The molecule has 0 radical (unpaired) electrons. The van der Waals surface area contributed by atoms with E-state index >= 15 is 0 Å². The summed E-state index contributed by atoms with van der Waals surface area (Å²) in [7, 11) is 3.05. The lowest BCUT2D eigenvalue weighted by Gasteiger charge is -2.30. The number of benzene rings is 1. The number of hydrogen-bond donors (Lipinski definition) is 2. The fraction of sp³-hybridized carbons (Fsp3) is 0.579. The monoisotopic (exact) mass is 366 g/mol. The zero-order chi connectivity index (χ0) is 19.4. The molecule has 0 atom stereocenters. The molecular weight excluding hydrogens is 336 g/mol. The highest BCUT2D eigenvalue weighted by molar-refractivity contribution is 5.91. The van der Waals surface area contributed by atoms with Crippen LogP contribution in [0.25, 0.3) is 0 Å². The van der Waals surface area contributed by atoms with Crippen LogP contribution in [0.3, 0.4) is 0 Å². The van der Waals surface area contributed by atoms with Gasteiger partial charge in [0.25, 0.3) is 0 Å². The smallest absolute Gasteiger partial charge is 0.410 e. The van der Waals surface area contributed by atoms with Crippen molar-refractivity contribution in [2.45, 2.75) is 51.7 Å². The Morgan fingerprint density at radius 1 is 1.12 bits per heavy atom. The van der Waals surface area contributed by atoms with Crippen molar-refractivity contribution in [1.29, 1.82) is 0 Å². The van der Waals surface area contributed by atoms with Gasteiger partial charge >= 0.3 is 6.09 Å². The second-order valence-corrected chi connectivity index (χ2v) is 5.99. The molecule has 0 spiro atoms. The third-order valence-corrected chi connectivity index (χ3v) is 3.93. The van der Waals surface area contributed by atoms with E-state index in [4.69, 9.17) is 14.2 Å². The molecule has 26 heavy (non-hydrogen) atoms. The summed E-state index contributed by atoms with van der Waals surface area (Å²) in [6.07, 6.45) is 2.87. The second-order valence-electron chi connectivity index (χ2n) is 5.99. The van der Waals surface area contributed by atoms with Crippen LogP contribution in [0.2, 0.25) is 0 Å². The number of anilines is 1. The predicted octanol–water partition coefficient (Wildman–Crippen LogP) is 3.69. The van der Waals surface area contributed by atoms with E-state index in [2.05, 4.69) is 10.6 Å². The molecule has 7 nitrogen and oxygen atoms in total. The summed E-state index contributed by atoms with van der Waals surface area (Å²) in [6.45, 7) is 4.61. The Kier molecular flexibility index (Phi) is 9.69. The van der Waals surface area contributed by atoms with E-state index in [0.29, 0.717) is 24.4 Å². The fourth-order valence-corrected chi connectivity index (χ4v) is 2.50. The van der Waals surface area contributed by atoms with Crippen LogP contribution in [0.5, 0.6) is 5.75 Å². The molecule has 146 valence electrons. The minimum absolute atomic E-state index is 0.0659. The Morgan fingerprint density at radius 2 is 1.85 bits per heavy atom. The minimum atomic E-state index is -0.938. The molecule has 0 aliphatic rings. The lowest BCUT2D eigenvalue weighted by Crippen LogP contribution is -2.38. The number of nitrogens with one attached hydrogen (secondary N) is 2. The van der Waals surface area contributed by atoms with Crippen molar-refractivity contribution in [1.82, 2.24) is 5.32 Å². The van der Waals surface area contributed by atoms with E-state index in [1.165, 1.54) is 14.2 Å². The Bertz CT molecular complexity index is 573. The highest BCUT2D eigenvalue weighted by atomic mass is 16.7. The maximum absolute atomic E-state index is 12.3. The standard InChI is InChI=1S/C19H30N2O5/c1-5-7-12-20-18(23)26-16-10-8-9-15(13-16)21-17(22)14-19(24-3,25-4)11-6-2/h8-10,13H,5-7,11-12,14H2,1-4H3,(H,20,23)(H,21,22). The van der Waals surface area contributed by atoms with Crippen molar-refractivity contribution in [3.05, 3.63) is 24.3 Å². The molecule has 2 N–H and O–H groups in total. The quantitative estimate of drug-likeness (QED) is 0.461. The maximum Gasteiger partial charge on any atom is 0.412 e. The van der Waals surface area contributed by atoms with Crippen LogP contribution in [0.15, 0.2) is 24.3 Å². The third-order valence-electron chi connectivity index (χ3n) is 3.93. The summed E-state index contributed by atoms with van der Waals surface area (Å²) in [5.74, 6) is -0.826. The van der Waals surface area contributed by atoms with E-state index in [-0.39, 0.29) is 12.3 Å². The Morgan fingerprint density at radius 3 is 2.46 bits per heavy atom. The van der Waals surface area contributed by atoms with E-state index in [1.54, 1.807) is 24.3 Å². The average Bonchev–Trinajstić information content (AvgIpc) is 2.61. The second kappa shape index (κ2) is 11.5. The van der Waals surface area contributed by atoms with Gasteiger partial charge in [0.2, 0.25) is 5.91 Å². The molecule has 0 saturated heterocycles. The SMILES string of the molecule is CCCCNC(=O)Oc1cccc(NC(=O)CC(CCC)(OC)OC)c1. The number of amides is 2. The van der Waals surface area contributed by atoms with Crippen LogP contribution in [0, 0.1) is 0 Å². The highest BCUT2D eigenvalue weighted by Crippen LogP contribution is 2.24. The average molecular weight is 366 g/mol. The van der Waals surface area contributed by atoms with E-state index in [1.807, 2.05) is 13.8 Å². The number of methoxy groups -OCH3 is 2. The van der Waals surface area contributed by atoms with Gasteiger partial charge in [-0.25, -0.2) is 4.79 Å². The number of hydrogen-bond acceptors (Lipinski definition) is 5. The molecule has 0 unspecified atom stereocenters. The Balaban J connectivity index is 2.64. The first kappa shape index (κ1) is 21.9. The first-order valence-corrected chi connectivity index (χ1v) is 8.94. The van der Waals surface area contributed by atoms with Gasteiger partial charge in [-0.2, -0.15) is 0 Å². The van der Waals surface area contributed by atoms with E-state index in [0.717, 1.165) is 19.3 Å². The first-order chi connectivity index (χ1) is 12.5. The van der Waals surface area contributed by atoms with Gasteiger partial charge in [0.05, 0.1) is 6.42 Å². The molecule has 0 fully saturated rings. The fourth-order valence-electron chi connectivity index (χ4n) is 2.50. The van der Waals surface area contributed by atoms with Gasteiger partial charge in [-0.3, -0.25) is 4.79 Å². The van der Waals surface area contributed by atoms with E-state index < -0.39 is 11.9 Å². The third kappa shape index (κ3) is 7.41. The molecule has 1 aromatic carbocycles. The summed E-state index contributed by atoms with van der Waals surface area (Å²) in [5, 5.41) is 5.45. The largest absolute Gasteiger partial charge is 0.412 e. The molecule has 0 bridgehead atoms. The molecule has 0 aliphatic heterocycles. The number of ether oxygens (including phenoxy) is 3. The van der Waals surface area contributed by atoms with Crippen LogP contribution < -0.4 is 15.4 Å². The molecule has 2 amide bonds. The zero-order valence-corrected chi connectivity index (χ0v) is 16.1. The molecule has 1 aromatic rings. The normalized spacial score (nSPS) is 11.1. The van der Waals surface area contributed by atoms with Crippen LogP contribution in [-0.4, -0.2) is 38.6 Å². The van der Waals surface area contributed by atoms with Gasteiger partial charge in [0, 0.05) is 38.9 Å². The van der Waals surface area contributed by atoms with Gasteiger partial charge < -0.3 is 24.8 Å². The van der Waals surface area contributed by atoms with Gasteiger partial charge in [0.1, 0.15) is 5.75 Å².